The van der Waals surface area contributed by atoms with Crippen molar-refractivity contribution >= 4 is 17.3 Å². The van der Waals surface area contributed by atoms with Gasteiger partial charge < -0.3 is 10.4 Å². The average molecular weight is 336 g/mol. The van der Waals surface area contributed by atoms with E-state index in [1.165, 1.54) is 10.9 Å². The standard InChI is InChI=1S/C18H16N4O3/c1-2-22-17(23)16(20-13-9-6-10-19-11-13)14(18(24)25)15(21-22)12-7-4-3-5-8-12/h3-11,20H,2H2,1H3,(H,24,25). The lowest BCUT2D eigenvalue weighted by atomic mass is 10.0. The van der Waals surface area contributed by atoms with Gasteiger partial charge in [0.15, 0.2) is 0 Å². The van der Waals surface area contributed by atoms with E-state index in [2.05, 4.69) is 15.4 Å². The monoisotopic (exact) mass is 336 g/mol. The van der Waals surface area contributed by atoms with E-state index in [1.807, 2.05) is 6.07 Å². The molecule has 7 heteroatoms. The summed E-state index contributed by atoms with van der Waals surface area (Å²) in [5.41, 5.74) is 0.691. The Hall–Kier alpha value is -3.48. The van der Waals surface area contributed by atoms with E-state index in [1.54, 1.807) is 49.5 Å². The molecule has 0 atom stereocenters. The fourth-order valence-electron chi connectivity index (χ4n) is 2.49. The zero-order chi connectivity index (χ0) is 17.8. The van der Waals surface area contributed by atoms with Gasteiger partial charge >= 0.3 is 5.97 Å². The van der Waals surface area contributed by atoms with E-state index in [9.17, 15) is 14.7 Å². The quantitative estimate of drug-likeness (QED) is 0.743. The molecule has 3 aromatic rings. The van der Waals surface area contributed by atoms with Gasteiger partial charge in [-0.1, -0.05) is 30.3 Å². The predicted octanol–water partition coefficient (Wildman–Crippen LogP) is 2.77. The summed E-state index contributed by atoms with van der Waals surface area (Å²) in [6.07, 6.45) is 3.11. The Balaban J connectivity index is 2.28. The van der Waals surface area contributed by atoms with Crippen LogP contribution >= 0.6 is 0 Å². The highest BCUT2D eigenvalue weighted by Crippen LogP contribution is 2.26. The van der Waals surface area contributed by atoms with Crippen molar-refractivity contribution in [3.63, 3.8) is 0 Å². The van der Waals surface area contributed by atoms with Crippen LogP contribution in [0.2, 0.25) is 0 Å². The number of carbonyl (C=O) groups is 1. The maximum atomic E-state index is 12.7. The summed E-state index contributed by atoms with van der Waals surface area (Å²) in [5.74, 6) is -1.22. The number of pyridine rings is 1. The number of nitrogens with one attached hydrogen (secondary N) is 1. The Labute approximate surface area is 143 Å². The molecule has 0 spiro atoms. The van der Waals surface area contributed by atoms with Crippen molar-refractivity contribution in [1.82, 2.24) is 14.8 Å². The number of anilines is 2. The molecule has 7 nitrogen and oxygen atoms in total. The highest BCUT2D eigenvalue weighted by Gasteiger charge is 2.23. The maximum Gasteiger partial charge on any atom is 0.340 e. The summed E-state index contributed by atoms with van der Waals surface area (Å²) in [7, 11) is 0. The molecule has 2 N–H and O–H groups in total. The van der Waals surface area contributed by atoms with Gasteiger partial charge in [0.05, 0.1) is 11.9 Å². The van der Waals surface area contributed by atoms with Gasteiger partial charge in [-0.05, 0) is 19.1 Å². The van der Waals surface area contributed by atoms with Crippen molar-refractivity contribution in [2.45, 2.75) is 13.5 Å². The van der Waals surface area contributed by atoms with E-state index in [0.717, 1.165) is 0 Å². The van der Waals surface area contributed by atoms with Crippen molar-refractivity contribution in [1.29, 1.82) is 0 Å². The van der Waals surface area contributed by atoms with E-state index >= 15 is 0 Å². The largest absolute Gasteiger partial charge is 0.478 e. The molecule has 2 aromatic heterocycles. The minimum atomic E-state index is -1.22. The second kappa shape index (κ2) is 6.96. The van der Waals surface area contributed by atoms with Crippen LogP contribution in [0.4, 0.5) is 11.4 Å². The smallest absolute Gasteiger partial charge is 0.340 e. The molecule has 0 aliphatic heterocycles. The Morgan fingerprint density at radius 1 is 1.20 bits per heavy atom. The van der Waals surface area contributed by atoms with Gasteiger partial charge in [0, 0.05) is 18.3 Å². The first kappa shape index (κ1) is 16.4. The molecule has 25 heavy (non-hydrogen) atoms. The molecule has 0 saturated carbocycles. The number of benzene rings is 1. The number of carboxylic acid groups (broad SMARTS) is 1. The van der Waals surface area contributed by atoms with Gasteiger partial charge in [-0.3, -0.25) is 9.78 Å². The fraction of sp³-hybridized carbons (Fsp3) is 0.111. The molecule has 126 valence electrons. The van der Waals surface area contributed by atoms with Crippen molar-refractivity contribution < 1.29 is 9.90 Å². The fourth-order valence-corrected chi connectivity index (χ4v) is 2.49. The normalized spacial score (nSPS) is 10.4. The molecule has 2 heterocycles. The SMILES string of the molecule is CCn1nc(-c2ccccc2)c(C(=O)O)c(Nc2cccnc2)c1=O. The second-order valence-corrected chi connectivity index (χ2v) is 5.26. The van der Waals surface area contributed by atoms with Gasteiger partial charge in [0.1, 0.15) is 16.9 Å². The minimum absolute atomic E-state index is 0.0313. The number of aromatic nitrogens is 3. The molecule has 0 saturated heterocycles. The number of carboxylic acids is 1. The van der Waals surface area contributed by atoms with Gasteiger partial charge in [-0.15, -0.1) is 0 Å². The van der Waals surface area contributed by atoms with E-state index in [4.69, 9.17) is 0 Å². The summed E-state index contributed by atoms with van der Waals surface area (Å²) in [6, 6.07) is 12.3. The van der Waals surface area contributed by atoms with Crippen LogP contribution in [0.15, 0.2) is 59.7 Å². The van der Waals surface area contributed by atoms with Crippen LogP contribution in [0.25, 0.3) is 11.3 Å². The molecule has 0 unspecified atom stereocenters. The minimum Gasteiger partial charge on any atom is -0.478 e. The first-order valence-electron chi connectivity index (χ1n) is 7.72. The lowest BCUT2D eigenvalue weighted by Gasteiger charge is -2.15. The number of aromatic carboxylic acids is 1. The number of rotatable bonds is 5. The molecule has 0 aliphatic carbocycles. The Kier molecular flexibility index (Phi) is 4.56. The summed E-state index contributed by atoms with van der Waals surface area (Å²) in [6.45, 7) is 2.09. The van der Waals surface area contributed by atoms with Gasteiger partial charge in [-0.25, -0.2) is 9.48 Å². The third-order valence-electron chi connectivity index (χ3n) is 3.65. The van der Waals surface area contributed by atoms with Crippen molar-refractivity contribution in [3.8, 4) is 11.3 Å². The van der Waals surface area contributed by atoms with Gasteiger partial charge in [0.2, 0.25) is 0 Å². The molecule has 0 amide bonds. The van der Waals surface area contributed by atoms with E-state index in [0.29, 0.717) is 17.8 Å². The van der Waals surface area contributed by atoms with Crippen LogP contribution in [-0.2, 0) is 6.54 Å². The predicted molar refractivity (Wildman–Crippen MR) is 94.1 cm³/mol. The van der Waals surface area contributed by atoms with Gasteiger partial charge in [-0.2, -0.15) is 5.10 Å². The summed E-state index contributed by atoms with van der Waals surface area (Å²) >= 11 is 0. The maximum absolute atomic E-state index is 12.7. The van der Waals surface area contributed by atoms with Crippen molar-refractivity contribution in [2.75, 3.05) is 5.32 Å². The zero-order valence-corrected chi connectivity index (χ0v) is 13.5. The molecule has 1 aromatic carbocycles. The van der Waals surface area contributed by atoms with Gasteiger partial charge in [0.25, 0.3) is 5.56 Å². The second-order valence-electron chi connectivity index (χ2n) is 5.26. The first-order valence-corrected chi connectivity index (χ1v) is 7.72. The molecule has 0 aliphatic rings. The van der Waals surface area contributed by atoms with Crippen LogP contribution in [-0.4, -0.2) is 25.8 Å². The number of nitrogens with zero attached hydrogens (tertiary/aromatic N) is 3. The Bertz CT molecular complexity index is 953. The molecule has 0 fully saturated rings. The first-order chi connectivity index (χ1) is 12.1. The molecule has 0 bridgehead atoms. The third-order valence-corrected chi connectivity index (χ3v) is 3.65. The Morgan fingerprint density at radius 2 is 1.96 bits per heavy atom. The lowest BCUT2D eigenvalue weighted by molar-refractivity contribution is 0.0698. The highest BCUT2D eigenvalue weighted by atomic mass is 16.4. The summed E-state index contributed by atoms with van der Waals surface area (Å²) < 4.78 is 1.24. The van der Waals surface area contributed by atoms with Crippen molar-refractivity contribution in [3.05, 3.63) is 70.8 Å². The van der Waals surface area contributed by atoms with Crippen molar-refractivity contribution in [2.24, 2.45) is 0 Å². The van der Waals surface area contributed by atoms with Crippen LogP contribution in [0, 0.1) is 0 Å². The topological polar surface area (TPSA) is 97.1 Å². The highest BCUT2D eigenvalue weighted by molar-refractivity contribution is 6.01. The molecular formula is C18H16N4O3. The zero-order valence-electron chi connectivity index (χ0n) is 13.5. The number of hydrogen-bond donors (Lipinski definition) is 2. The average Bonchev–Trinajstić information content (AvgIpc) is 2.64. The van der Waals surface area contributed by atoms with E-state index < -0.39 is 11.5 Å². The summed E-state index contributed by atoms with van der Waals surface area (Å²) in [5, 5.41) is 16.9. The molecule has 3 rings (SSSR count). The Morgan fingerprint density at radius 3 is 2.56 bits per heavy atom. The van der Waals surface area contributed by atoms with Crippen LogP contribution in [0.3, 0.4) is 0 Å². The molecular weight excluding hydrogens is 320 g/mol. The van der Waals surface area contributed by atoms with Crippen LogP contribution in [0.5, 0.6) is 0 Å². The number of aryl methyl sites for hydroxylation is 1. The van der Waals surface area contributed by atoms with Crippen LogP contribution in [0.1, 0.15) is 17.3 Å². The molecule has 0 radical (unpaired) electrons. The van der Waals surface area contributed by atoms with Crippen LogP contribution < -0.4 is 10.9 Å². The van der Waals surface area contributed by atoms with E-state index in [-0.39, 0.29) is 16.9 Å². The summed E-state index contributed by atoms with van der Waals surface area (Å²) in [4.78, 5) is 28.6. The third kappa shape index (κ3) is 3.25. The number of hydrogen-bond acceptors (Lipinski definition) is 5. The lowest BCUT2D eigenvalue weighted by Crippen LogP contribution is -2.28.